The van der Waals surface area contributed by atoms with Gasteiger partial charge in [-0.3, -0.25) is 0 Å². The van der Waals surface area contributed by atoms with Gasteiger partial charge in [0.2, 0.25) is 0 Å². The highest BCUT2D eigenvalue weighted by Crippen LogP contribution is 2.44. The molecule has 1 saturated heterocycles. The molecular formula is C12H20O6. The molecule has 0 radical (unpaired) electrons. The summed E-state index contributed by atoms with van der Waals surface area (Å²) in [5, 5.41) is 39.2. The minimum Gasteiger partial charge on any atom is -0.387 e. The van der Waals surface area contributed by atoms with Gasteiger partial charge < -0.3 is 29.9 Å². The fourth-order valence-corrected chi connectivity index (χ4v) is 3.30. The number of aliphatic hydroxyl groups is 4. The molecule has 3 rings (SSSR count). The number of aliphatic hydroxyl groups excluding tert-OH is 4. The van der Waals surface area contributed by atoms with Crippen molar-refractivity contribution in [3.63, 3.8) is 0 Å². The summed E-state index contributed by atoms with van der Waals surface area (Å²) in [4.78, 5) is 0. The van der Waals surface area contributed by atoms with Gasteiger partial charge in [0.15, 0.2) is 5.79 Å². The topological polar surface area (TPSA) is 99.4 Å². The third kappa shape index (κ3) is 1.79. The van der Waals surface area contributed by atoms with Crippen LogP contribution in [0.1, 0.15) is 32.1 Å². The molecule has 1 spiro atoms. The molecule has 6 heteroatoms. The van der Waals surface area contributed by atoms with Gasteiger partial charge in [-0.05, 0) is 12.8 Å². The largest absolute Gasteiger partial charge is 0.387 e. The fourth-order valence-electron chi connectivity index (χ4n) is 3.30. The van der Waals surface area contributed by atoms with Crippen molar-refractivity contribution >= 4 is 0 Å². The third-order valence-corrected chi connectivity index (χ3v) is 4.36. The summed E-state index contributed by atoms with van der Waals surface area (Å²) in [5.41, 5.74) is 0. The Hall–Kier alpha value is -0.240. The van der Waals surface area contributed by atoms with Crippen molar-refractivity contribution in [1.29, 1.82) is 0 Å². The second-order valence-electron chi connectivity index (χ2n) is 5.60. The number of hydrogen-bond donors (Lipinski definition) is 4. The molecule has 0 amide bonds. The van der Waals surface area contributed by atoms with Crippen LogP contribution in [0.5, 0.6) is 0 Å². The van der Waals surface area contributed by atoms with Gasteiger partial charge in [0.05, 0.1) is 0 Å². The second-order valence-corrected chi connectivity index (χ2v) is 5.60. The van der Waals surface area contributed by atoms with Gasteiger partial charge in [-0.25, -0.2) is 0 Å². The van der Waals surface area contributed by atoms with Gasteiger partial charge in [0.25, 0.3) is 0 Å². The van der Waals surface area contributed by atoms with Crippen LogP contribution in [0.25, 0.3) is 0 Å². The van der Waals surface area contributed by atoms with Crippen LogP contribution in [0.4, 0.5) is 0 Å². The molecule has 18 heavy (non-hydrogen) atoms. The molecule has 104 valence electrons. The van der Waals surface area contributed by atoms with Crippen molar-refractivity contribution in [3.05, 3.63) is 0 Å². The van der Waals surface area contributed by atoms with Gasteiger partial charge >= 0.3 is 0 Å². The standard InChI is InChI=1S/C12H20O6/c13-6-7(14)9(16)11-10(8(6)15)17-12(18-11)4-2-1-3-5-12/h6-11,13-16H,1-5H2/t6-,7+,8+,9-,10+,11-. The Labute approximate surface area is 105 Å². The zero-order valence-corrected chi connectivity index (χ0v) is 10.1. The maximum Gasteiger partial charge on any atom is 0.169 e. The zero-order valence-electron chi connectivity index (χ0n) is 10.1. The minimum absolute atomic E-state index is 0.728. The van der Waals surface area contributed by atoms with Crippen LogP contribution in [0.2, 0.25) is 0 Å². The quantitative estimate of drug-likeness (QED) is 0.441. The van der Waals surface area contributed by atoms with E-state index in [1.54, 1.807) is 0 Å². The highest BCUT2D eigenvalue weighted by atomic mass is 16.8. The summed E-state index contributed by atoms with van der Waals surface area (Å²) in [7, 11) is 0. The Morgan fingerprint density at radius 2 is 1.11 bits per heavy atom. The monoisotopic (exact) mass is 260 g/mol. The van der Waals surface area contributed by atoms with Crippen molar-refractivity contribution in [2.24, 2.45) is 0 Å². The number of ether oxygens (including phenoxy) is 2. The van der Waals surface area contributed by atoms with Crippen molar-refractivity contribution in [2.75, 3.05) is 0 Å². The van der Waals surface area contributed by atoms with E-state index in [0.717, 1.165) is 32.1 Å². The highest BCUT2D eigenvalue weighted by molar-refractivity contribution is 5.04. The number of rotatable bonds is 0. The normalized spacial score (nSPS) is 51.3. The molecule has 1 aliphatic heterocycles. The summed E-state index contributed by atoms with van der Waals surface area (Å²) >= 11 is 0. The molecule has 0 aromatic rings. The van der Waals surface area contributed by atoms with E-state index in [2.05, 4.69) is 0 Å². The van der Waals surface area contributed by atoms with Crippen LogP contribution in [-0.4, -0.2) is 62.8 Å². The zero-order chi connectivity index (χ0) is 12.9. The van der Waals surface area contributed by atoms with E-state index < -0.39 is 42.4 Å². The maximum absolute atomic E-state index is 9.92. The van der Waals surface area contributed by atoms with E-state index in [1.807, 2.05) is 0 Å². The van der Waals surface area contributed by atoms with Crippen LogP contribution in [0.15, 0.2) is 0 Å². The van der Waals surface area contributed by atoms with Gasteiger partial charge in [0, 0.05) is 12.8 Å². The van der Waals surface area contributed by atoms with Crippen molar-refractivity contribution in [2.45, 2.75) is 74.5 Å². The Morgan fingerprint density at radius 3 is 1.56 bits per heavy atom. The van der Waals surface area contributed by atoms with E-state index in [0.29, 0.717) is 0 Å². The fraction of sp³-hybridized carbons (Fsp3) is 1.00. The van der Waals surface area contributed by atoms with Crippen molar-refractivity contribution < 1.29 is 29.9 Å². The van der Waals surface area contributed by atoms with Gasteiger partial charge in [-0.1, -0.05) is 6.42 Å². The lowest BCUT2D eigenvalue weighted by atomic mass is 9.85. The SMILES string of the molecule is O[C@@H]1[C@H](O)[C@@H](O)[C@H]2OC3(CCCCC3)O[C@H]2[C@H]1O. The van der Waals surface area contributed by atoms with E-state index >= 15 is 0 Å². The van der Waals surface area contributed by atoms with E-state index in [9.17, 15) is 20.4 Å². The lowest BCUT2D eigenvalue weighted by Gasteiger charge is -2.38. The van der Waals surface area contributed by atoms with Crippen LogP contribution in [0.3, 0.4) is 0 Å². The molecule has 3 fully saturated rings. The summed E-state index contributed by atoms with van der Waals surface area (Å²) in [6, 6.07) is 0. The first-order valence-electron chi connectivity index (χ1n) is 6.62. The van der Waals surface area contributed by atoms with Crippen LogP contribution in [-0.2, 0) is 9.47 Å². The van der Waals surface area contributed by atoms with E-state index in [-0.39, 0.29) is 0 Å². The molecule has 0 aromatic carbocycles. The summed E-state index contributed by atoms with van der Waals surface area (Å²) < 4.78 is 11.6. The van der Waals surface area contributed by atoms with E-state index in [1.165, 1.54) is 0 Å². The molecule has 4 N–H and O–H groups in total. The molecular weight excluding hydrogens is 240 g/mol. The van der Waals surface area contributed by atoms with Crippen LogP contribution in [0, 0.1) is 0 Å². The molecule has 3 aliphatic rings. The van der Waals surface area contributed by atoms with E-state index in [4.69, 9.17) is 9.47 Å². The third-order valence-electron chi connectivity index (χ3n) is 4.36. The number of hydrogen-bond acceptors (Lipinski definition) is 6. The Bertz CT molecular complexity index is 292. The van der Waals surface area contributed by atoms with Gasteiger partial charge in [-0.2, -0.15) is 0 Å². The molecule has 6 nitrogen and oxygen atoms in total. The minimum atomic E-state index is -1.40. The van der Waals surface area contributed by atoms with Crippen LogP contribution < -0.4 is 0 Å². The Balaban J connectivity index is 1.82. The molecule has 6 atom stereocenters. The smallest absolute Gasteiger partial charge is 0.169 e. The molecule has 0 aromatic heterocycles. The highest BCUT2D eigenvalue weighted by Gasteiger charge is 2.59. The summed E-state index contributed by atoms with van der Waals surface area (Å²) in [6.07, 6.45) is -2.24. The number of fused-ring (bicyclic) bond motifs is 1. The lowest BCUT2D eigenvalue weighted by Crippen LogP contribution is -2.62. The average molecular weight is 260 g/mol. The first kappa shape index (κ1) is 12.8. The predicted octanol–water partition coefficient (Wildman–Crippen LogP) is -1.11. The molecule has 1 heterocycles. The molecule has 2 saturated carbocycles. The summed E-state index contributed by atoms with van der Waals surface area (Å²) in [5.74, 6) is -0.751. The Kier molecular flexibility index (Phi) is 3.12. The first-order chi connectivity index (χ1) is 8.54. The average Bonchev–Trinajstić information content (AvgIpc) is 2.74. The predicted molar refractivity (Wildman–Crippen MR) is 59.6 cm³/mol. The maximum atomic E-state index is 9.92. The summed E-state index contributed by atoms with van der Waals surface area (Å²) in [6.45, 7) is 0. The molecule has 0 unspecified atom stereocenters. The van der Waals surface area contributed by atoms with Crippen LogP contribution >= 0.6 is 0 Å². The van der Waals surface area contributed by atoms with Crippen molar-refractivity contribution in [1.82, 2.24) is 0 Å². The second kappa shape index (κ2) is 4.40. The van der Waals surface area contributed by atoms with Crippen molar-refractivity contribution in [3.8, 4) is 0 Å². The Morgan fingerprint density at radius 1 is 0.667 bits per heavy atom. The van der Waals surface area contributed by atoms with Gasteiger partial charge in [-0.15, -0.1) is 0 Å². The molecule has 0 bridgehead atoms. The first-order valence-corrected chi connectivity index (χ1v) is 6.62. The van der Waals surface area contributed by atoms with Gasteiger partial charge in [0.1, 0.15) is 36.6 Å². The lowest BCUT2D eigenvalue weighted by molar-refractivity contribution is -0.203. The molecule has 2 aliphatic carbocycles.